The highest BCUT2D eigenvalue weighted by atomic mass is 16.5. The number of Topliss-reactive ketones (excluding diaryl/α,β-unsaturated/α-hetero) is 1. The second kappa shape index (κ2) is 9.70. The molecule has 0 fully saturated rings. The number of carbonyl (C=O) groups excluding carboxylic acids is 3. The fourth-order valence-corrected chi connectivity index (χ4v) is 2.95. The highest BCUT2D eigenvalue weighted by Crippen LogP contribution is 2.21. The van der Waals surface area contributed by atoms with E-state index in [0.717, 1.165) is 5.56 Å². The molecule has 0 spiro atoms. The quantitative estimate of drug-likeness (QED) is 0.323. The minimum atomic E-state index is -1.15. The average Bonchev–Trinajstić information content (AvgIpc) is 3.00. The Morgan fingerprint density at radius 3 is 2.37 bits per heavy atom. The third-order valence-electron chi connectivity index (χ3n) is 4.55. The van der Waals surface area contributed by atoms with Gasteiger partial charge < -0.3 is 14.5 Å². The highest BCUT2D eigenvalue weighted by molar-refractivity contribution is 6.05. The molecule has 0 amide bonds. The van der Waals surface area contributed by atoms with Crippen LogP contribution in [-0.4, -0.2) is 35.4 Å². The smallest absolute Gasteiger partial charge is 0.349 e. The van der Waals surface area contributed by atoms with Crippen molar-refractivity contribution in [3.05, 3.63) is 63.5 Å². The Bertz CT molecular complexity index is 1040. The SMILES string of the molecule is CCOC(=O)c1c(C)[nH]c(C(=O)[C@H](C)OC(=O)/C(C#N)=C/c2ccc(C)cc2)c1C. The molecule has 0 aliphatic rings. The molecule has 1 aromatic carbocycles. The maximum atomic E-state index is 12.8. The van der Waals surface area contributed by atoms with Crippen molar-refractivity contribution in [1.82, 2.24) is 4.98 Å². The number of ketones is 1. The van der Waals surface area contributed by atoms with E-state index in [1.54, 1.807) is 32.9 Å². The van der Waals surface area contributed by atoms with Gasteiger partial charge in [-0.05, 0) is 51.8 Å². The summed E-state index contributed by atoms with van der Waals surface area (Å²) in [6, 6.07) is 9.07. The number of carbonyl (C=O) groups is 3. The van der Waals surface area contributed by atoms with Crippen LogP contribution in [0.15, 0.2) is 29.8 Å². The zero-order chi connectivity index (χ0) is 22.4. The number of nitrogens with one attached hydrogen (secondary N) is 1. The molecule has 2 aromatic rings. The van der Waals surface area contributed by atoms with E-state index < -0.39 is 23.8 Å². The second-order valence-electron chi connectivity index (χ2n) is 6.84. The first kappa shape index (κ1) is 22.6. The Morgan fingerprint density at radius 1 is 1.17 bits per heavy atom. The van der Waals surface area contributed by atoms with Crippen LogP contribution in [-0.2, 0) is 14.3 Å². The third-order valence-corrected chi connectivity index (χ3v) is 4.55. The normalized spacial score (nSPS) is 12.1. The lowest BCUT2D eigenvalue weighted by molar-refractivity contribution is -0.141. The van der Waals surface area contributed by atoms with Crippen LogP contribution in [0.1, 0.15) is 57.1 Å². The number of benzene rings is 1. The van der Waals surface area contributed by atoms with Crippen LogP contribution in [0.25, 0.3) is 6.08 Å². The number of aryl methyl sites for hydroxylation is 2. The maximum absolute atomic E-state index is 12.8. The zero-order valence-electron chi connectivity index (χ0n) is 17.7. The largest absolute Gasteiger partial charge is 0.462 e. The van der Waals surface area contributed by atoms with Crippen LogP contribution in [0.2, 0.25) is 0 Å². The van der Waals surface area contributed by atoms with E-state index >= 15 is 0 Å². The summed E-state index contributed by atoms with van der Waals surface area (Å²) in [5, 5.41) is 9.31. The van der Waals surface area contributed by atoms with Crippen LogP contribution in [0.3, 0.4) is 0 Å². The Morgan fingerprint density at radius 2 is 1.80 bits per heavy atom. The number of rotatable bonds is 7. The van der Waals surface area contributed by atoms with E-state index in [4.69, 9.17) is 9.47 Å². The summed E-state index contributed by atoms with van der Waals surface area (Å²) in [6.07, 6.45) is 0.251. The van der Waals surface area contributed by atoms with Gasteiger partial charge in [-0.2, -0.15) is 5.26 Å². The standard InChI is InChI=1S/C23H24N2O5/c1-6-29-23(28)19-14(3)20(25-15(19)4)21(26)16(5)30-22(27)18(12-24)11-17-9-7-13(2)8-10-17/h7-11,16,25H,6H2,1-5H3/b18-11+/t16-/m0/s1. The zero-order valence-corrected chi connectivity index (χ0v) is 17.7. The first-order chi connectivity index (χ1) is 14.2. The number of nitrogens with zero attached hydrogens (tertiary/aromatic N) is 1. The molecule has 1 heterocycles. The van der Waals surface area contributed by atoms with Gasteiger partial charge in [0.05, 0.1) is 17.9 Å². The topological polar surface area (TPSA) is 109 Å². The summed E-state index contributed by atoms with van der Waals surface area (Å²) < 4.78 is 10.2. The molecule has 1 aromatic heterocycles. The fourth-order valence-electron chi connectivity index (χ4n) is 2.95. The molecule has 0 aliphatic carbocycles. The monoisotopic (exact) mass is 408 g/mol. The predicted octanol–water partition coefficient (Wildman–Crippen LogP) is 3.84. The fraction of sp³-hybridized carbons (Fsp3) is 0.304. The van der Waals surface area contributed by atoms with Gasteiger partial charge in [-0.25, -0.2) is 9.59 Å². The minimum Gasteiger partial charge on any atom is -0.462 e. The van der Waals surface area contributed by atoms with Crippen LogP contribution >= 0.6 is 0 Å². The van der Waals surface area contributed by atoms with Gasteiger partial charge in [0.25, 0.3) is 0 Å². The predicted molar refractivity (Wildman–Crippen MR) is 111 cm³/mol. The molecule has 2 rings (SSSR count). The number of esters is 2. The van der Waals surface area contributed by atoms with Crippen LogP contribution in [0, 0.1) is 32.1 Å². The first-order valence-corrected chi connectivity index (χ1v) is 9.49. The lowest BCUT2D eigenvalue weighted by Gasteiger charge is -2.12. The van der Waals surface area contributed by atoms with Gasteiger partial charge in [0.2, 0.25) is 5.78 Å². The molecule has 0 aliphatic heterocycles. The summed E-state index contributed by atoms with van der Waals surface area (Å²) in [5.74, 6) is -1.93. The number of hydrogen-bond donors (Lipinski definition) is 1. The molecule has 0 unspecified atom stereocenters. The molecule has 0 radical (unpaired) electrons. The van der Waals surface area contributed by atoms with E-state index in [1.807, 2.05) is 25.1 Å². The molecule has 30 heavy (non-hydrogen) atoms. The van der Waals surface area contributed by atoms with E-state index in [1.165, 1.54) is 13.0 Å². The van der Waals surface area contributed by atoms with Gasteiger partial charge in [-0.3, -0.25) is 4.79 Å². The van der Waals surface area contributed by atoms with Crippen molar-refractivity contribution in [1.29, 1.82) is 5.26 Å². The van der Waals surface area contributed by atoms with E-state index in [2.05, 4.69) is 4.98 Å². The van der Waals surface area contributed by atoms with E-state index in [9.17, 15) is 19.6 Å². The van der Waals surface area contributed by atoms with Crippen LogP contribution in [0.5, 0.6) is 0 Å². The molecule has 1 N–H and O–H groups in total. The Hall–Kier alpha value is -3.66. The lowest BCUT2D eigenvalue weighted by Crippen LogP contribution is -2.26. The van der Waals surface area contributed by atoms with E-state index in [-0.39, 0.29) is 23.4 Å². The Labute approximate surface area is 175 Å². The van der Waals surface area contributed by atoms with Crippen molar-refractivity contribution in [2.75, 3.05) is 6.61 Å². The maximum Gasteiger partial charge on any atom is 0.349 e. The van der Waals surface area contributed by atoms with Gasteiger partial charge in [0, 0.05) is 5.69 Å². The van der Waals surface area contributed by atoms with Crippen molar-refractivity contribution < 1.29 is 23.9 Å². The summed E-state index contributed by atoms with van der Waals surface area (Å²) in [7, 11) is 0. The molecular formula is C23H24N2O5. The molecule has 0 bridgehead atoms. The number of hydrogen-bond acceptors (Lipinski definition) is 6. The second-order valence-corrected chi connectivity index (χ2v) is 6.84. The summed E-state index contributed by atoms with van der Waals surface area (Å²) in [5.41, 5.74) is 2.87. The molecule has 7 heteroatoms. The number of aromatic nitrogens is 1. The first-order valence-electron chi connectivity index (χ1n) is 9.49. The minimum absolute atomic E-state index is 0.164. The number of H-pyrrole nitrogens is 1. The lowest BCUT2D eigenvalue weighted by atomic mass is 10.1. The van der Waals surface area contributed by atoms with Crippen LogP contribution < -0.4 is 0 Å². The summed E-state index contributed by atoms with van der Waals surface area (Å²) in [6.45, 7) is 8.53. The van der Waals surface area contributed by atoms with Crippen molar-refractivity contribution in [3.63, 3.8) is 0 Å². The van der Waals surface area contributed by atoms with Crippen LogP contribution in [0.4, 0.5) is 0 Å². The molecule has 0 saturated carbocycles. The molecular weight excluding hydrogens is 384 g/mol. The number of nitriles is 1. The number of aromatic amines is 1. The van der Waals surface area contributed by atoms with Gasteiger partial charge in [-0.15, -0.1) is 0 Å². The third kappa shape index (κ3) is 5.03. The van der Waals surface area contributed by atoms with Crippen molar-refractivity contribution >= 4 is 23.8 Å². The van der Waals surface area contributed by atoms with Gasteiger partial charge in [0.15, 0.2) is 6.10 Å². The van der Waals surface area contributed by atoms with Gasteiger partial charge in [-0.1, -0.05) is 29.8 Å². The average molecular weight is 408 g/mol. The Kier molecular flexibility index (Phi) is 7.32. The highest BCUT2D eigenvalue weighted by Gasteiger charge is 2.28. The Balaban J connectivity index is 2.20. The molecule has 7 nitrogen and oxygen atoms in total. The number of ether oxygens (including phenoxy) is 2. The van der Waals surface area contributed by atoms with Gasteiger partial charge >= 0.3 is 11.9 Å². The van der Waals surface area contributed by atoms with Gasteiger partial charge in [0.1, 0.15) is 11.6 Å². The van der Waals surface area contributed by atoms with Crippen molar-refractivity contribution in [2.24, 2.45) is 0 Å². The molecule has 1 atom stereocenters. The summed E-state index contributed by atoms with van der Waals surface area (Å²) >= 11 is 0. The van der Waals surface area contributed by atoms with Crippen molar-refractivity contribution in [2.45, 2.75) is 40.7 Å². The van der Waals surface area contributed by atoms with Crippen molar-refractivity contribution in [3.8, 4) is 6.07 Å². The van der Waals surface area contributed by atoms with E-state index in [0.29, 0.717) is 16.8 Å². The molecule has 156 valence electrons. The summed E-state index contributed by atoms with van der Waals surface area (Å²) in [4.78, 5) is 40.2. The molecule has 0 saturated heterocycles.